The third kappa shape index (κ3) is 3.85. The van der Waals surface area contributed by atoms with Crippen molar-refractivity contribution in [3.8, 4) is 0 Å². The van der Waals surface area contributed by atoms with Gasteiger partial charge in [-0.25, -0.2) is 4.98 Å². The van der Waals surface area contributed by atoms with Gasteiger partial charge in [0.05, 0.1) is 13.2 Å². The Labute approximate surface area is 142 Å². The van der Waals surface area contributed by atoms with Crippen LogP contribution in [-0.4, -0.2) is 63.0 Å². The minimum absolute atomic E-state index is 0.0382. The van der Waals surface area contributed by atoms with Crippen LogP contribution in [0.3, 0.4) is 0 Å². The van der Waals surface area contributed by atoms with Gasteiger partial charge in [0.1, 0.15) is 11.4 Å². The Morgan fingerprint density at radius 3 is 2.75 bits per heavy atom. The average Bonchev–Trinajstić information content (AvgIpc) is 2.67. The van der Waals surface area contributed by atoms with Gasteiger partial charge in [0.25, 0.3) is 5.91 Å². The number of morpholine rings is 1. The zero-order valence-electron chi connectivity index (χ0n) is 14.2. The van der Waals surface area contributed by atoms with E-state index >= 15 is 0 Å². The Morgan fingerprint density at radius 1 is 1.38 bits per heavy atom. The monoisotopic (exact) mass is 334 g/mol. The van der Waals surface area contributed by atoms with Gasteiger partial charge in [0.15, 0.2) is 0 Å². The summed E-state index contributed by atoms with van der Waals surface area (Å²) in [5.74, 6) is 0.920. The molecular weight excluding hydrogens is 308 g/mol. The molecule has 0 saturated carbocycles. The summed E-state index contributed by atoms with van der Waals surface area (Å²) < 4.78 is 10.9. The maximum Gasteiger partial charge on any atom is 0.252 e. The first-order valence-electron chi connectivity index (χ1n) is 8.55. The van der Waals surface area contributed by atoms with Gasteiger partial charge in [0.2, 0.25) is 0 Å². The molecule has 1 amide bonds. The van der Waals surface area contributed by atoms with Crippen molar-refractivity contribution in [2.45, 2.75) is 25.0 Å². The molecule has 132 valence electrons. The first-order chi connectivity index (χ1) is 11.7. The summed E-state index contributed by atoms with van der Waals surface area (Å²) in [6.07, 6.45) is 3.22. The molecule has 2 fully saturated rings. The van der Waals surface area contributed by atoms with Gasteiger partial charge in [-0.2, -0.15) is 0 Å². The lowest BCUT2D eigenvalue weighted by Crippen LogP contribution is -2.53. The van der Waals surface area contributed by atoms with Crippen LogP contribution in [0, 0.1) is 0 Å². The number of nitrogens with one attached hydrogen (secondary N) is 2. The van der Waals surface area contributed by atoms with Gasteiger partial charge in [-0.1, -0.05) is 6.07 Å². The maximum atomic E-state index is 12.5. The number of amides is 1. The SMILES string of the molecule is COC1(C(=O)NCc2ccc(N3CCOCC3)nc2)CCNCC1. The number of hydrogen-bond donors (Lipinski definition) is 2. The molecule has 2 saturated heterocycles. The van der Waals surface area contributed by atoms with E-state index < -0.39 is 5.60 Å². The van der Waals surface area contributed by atoms with Crippen molar-refractivity contribution in [3.63, 3.8) is 0 Å². The van der Waals surface area contributed by atoms with E-state index in [0.717, 1.165) is 50.8 Å². The fourth-order valence-corrected chi connectivity index (χ4v) is 3.20. The Hall–Kier alpha value is -1.70. The molecular formula is C17H26N4O3. The second kappa shape index (κ2) is 7.92. The number of anilines is 1. The minimum Gasteiger partial charge on any atom is -0.378 e. The lowest BCUT2D eigenvalue weighted by atomic mass is 9.91. The van der Waals surface area contributed by atoms with E-state index in [1.165, 1.54) is 0 Å². The van der Waals surface area contributed by atoms with Crippen LogP contribution in [-0.2, 0) is 20.8 Å². The Kier molecular flexibility index (Phi) is 5.65. The molecule has 3 heterocycles. The van der Waals surface area contributed by atoms with Gasteiger partial charge in [-0.3, -0.25) is 4.79 Å². The van der Waals surface area contributed by atoms with Crippen molar-refractivity contribution in [1.82, 2.24) is 15.6 Å². The molecule has 0 spiro atoms. The predicted molar refractivity (Wildman–Crippen MR) is 91.0 cm³/mol. The molecule has 7 nitrogen and oxygen atoms in total. The molecule has 1 aromatic rings. The van der Waals surface area contributed by atoms with Crippen LogP contribution < -0.4 is 15.5 Å². The molecule has 0 unspecified atom stereocenters. The summed E-state index contributed by atoms with van der Waals surface area (Å²) in [5.41, 5.74) is 0.285. The minimum atomic E-state index is -0.702. The number of ether oxygens (including phenoxy) is 2. The van der Waals surface area contributed by atoms with E-state index in [4.69, 9.17) is 9.47 Å². The number of rotatable bonds is 5. The first-order valence-corrected chi connectivity index (χ1v) is 8.55. The lowest BCUT2D eigenvalue weighted by Gasteiger charge is -2.34. The number of carbonyl (C=O) groups excluding carboxylic acids is 1. The van der Waals surface area contributed by atoms with Crippen molar-refractivity contribution in [2.24, 2.45) is 0 Å². The molecule has 0 bridgehead atoms. The summed E-state index contributed by atoms with van der Waals surface area (Å²) in [4.78, 5) is 19.2. The van der Waals surface area contributed by atoms with Crippen LogP contribution >= 0.6 is 0 Å². The zero-order chi connectivity index (χ0) is 16.8. The Morgan fingerprint density at radius 2 is 2.12 bits per heavy atom. The number of hydrogen-bond acceptors (Lipinski definition) is 6. The Balaban J connectivity index is 1.55. The van der Waals surface area contributed by atoms with Gasteiger partial charge >= 0.3 is 0 Å². The maximum absolute atomic E-state index is 12.5. The van der Waals surface area contributed by atoms with Crippen molar-refractivity contribution in [2.75, 3.05) is 51.4 Å². The topological polar surface area (TPSA) is 75.7 Å². The van der Waals surface area contributed by atoms with E-state index in [-0.39, 0.29) is 5.91 Å². The molecule has 0 atom stereocenters. The molecule has 3 rings (SSSR count). The van der Waals surface area contributed by atoms with E-state index in [9.17, 15) is 4.79 Å². The zero-order valence-corrected chi connectivity index (χ0v) is 14.2. The van der Waals surface area contributed by atoms with Gasteiger partial charge in [-0.15, -0.1) is 0 Å². The predicted octanol–water partition coefficient (Wildman–Crippen LogP) is 0.303. The summed E-state index contributed by atoms with van der Waals surface area (Å²) in [5, 5.41) is 6.25. The third-order valence-electron chi connectivity index (χ3n) is 4.81. The van der Waals surface area contributed by atoms with E-state index in [1.807, 2.05) is 18.3 Å². The molecule has 0 aromatic carbocycles. The highest BCUT2D eigenvalue weighted by atomic mass is 16.5. The van der Waals surface area contributed by atoms with Crippen LogP contribution in [0.4, 0.5) is 5.82 Å². The van der Waals surface area contributed by atoms with Crippen LogP contribution in [0.25, 0.3) is 0 Å². The Bertz CT molecular complexity index is 537. The van der Waals surface area contributed by atoms with Crippen molar-refractivity contribution >= 4 is 11.7 Å². The quantitative estimate of drug-likeness (QED) is 0.807. The molecule has 7 heteroatoms. The number of nitrogens with zero attached hydrogens (tertiary/aromatic N) is 2. The van der Waals surface area contributed by atoms with Gasteiger partial charge in [-0.05, 0) is 37.6 Å². The van der Waals surface area contributed by atoms with Crippen LogP contribution in [0.1, 0.15) is 18.4 Å². The summed E-state index contributed by atoms with van der Waals surface area (Å²) in [7, 11) is 1.61. The second-order valence-electron chi connectivity index (χ2n) is 6.26. The van der Waals surface area contributed by atoms with Gasteiger partial charge in [0, 0.05) is 32.9 Å². The van der Waals surface area contributed by atoms with Gasteiger partial charge < -0.3 is 25.0 Å². The molecule has 24 heavy (non-hydrogen) atoms. The second-order valence-corrected chi connectivity index (χ2v) is 6.26. The molecule has 2 aliphatic rings. The fourth-order valence-electron chi connectivity index (χ4n) is 3.20. The van der Waals surface area contributed by atoms with Crippen LogP contribution in [0.2, 0.25) is 0 Å². The average molecular weight is 334 g/mol. The number of methoxy groups -OCH3 is 1. The number of pyridine rings is 1. The van der Waals surface area contributed by atoms with Crippen molar-refractivity contribution < 1.29 is 14.3 Å². The first kappa shape index (κ1) is 17.1. The number of aromatic nitrogens is 1. The molecule has 0 radical (unpaired) electrons. The summed E-state index contributed by atoms with van der Waals surface area (Å²) in [6, 6.07) is 4.02. The molecule has 2 N–H and O–H groups in total. The van der Waals surface area contributed by atoms with Crippen molar-refractivity contribution in [3.05, 3.63) is 23.9 Å². The van der Waals surface area contributed by atoms with E-state index in [1.54, 1.807) is 7.11 Å². The number of carbonyl (C=O) groups is 1. The normalized spacial score (nSPS) is 20.6. The summed E-state index contributed by atoms with van der Waals surface area (Å²) in [6.45, 7) is 5.30. The highest BCUT2D eigenvalue weighted by molar-refractivity contribution is 5.85. The van der Waals surface area contributed by atoms with E-state index in [0.29, 0.717) is 19.4 Å². The van der Waals surface area contributed by atoms with Crippen molar-refractivity contribution in [1.29, 1.82) is 0 Å². The van der Waals surface area contributed by atoms with E-state index in [2.05, 4.69) is 20.5 Å². The summed E-state index contributed by atoms with van der Waals surface area (Å²) >= 11 is 0. The highest BCUT2D eigenvalue weighted by Gasteiger charge is 2.39. The standard InChI is InChI=1S/C17H26N4O3/c1-23-17(4-6-18-7-5-17)16(22)20-13-14-2-3-15(19-12-14)21-8-10-24-11-9-21/h2-3,12,18H,4-11,13H2,1H3,(H,20,22). The fraction of sp³-hybridized carbons (Fsp3) is 0.647. The molecule has 1 aromatic heterocycles. The highest BCUT2D eigenvalue weighted by Crippen LogP contribution is 2.22. The third-order valence-corrected chi connectivity index (χ3v) is 4.81. The molecule has 2 aliphatic heterocycles. The lowest BCUT2D eigenvalue weighted by molar-refractivity contribution is -0.146. The smallest absolute Gasteiger partial charge is 0.252 e. The van der Waals surface area contributed by atoms with Crippen LogP contribution in [0.5, 0.6) is 0 Å². The van der Waals surface area contributed by atoms with Crippen LogP contribution in [0.15, 0.2) is 18.3 Å². The molecule has 0 aliphatic carbocycles. The number of piperidine rings is 1. The largest absolute Gasteiger partial charge is 0.378 e.